The second-order valence-electron chi connectivity index (χ2n) is 4.64. The predicted octanol–water partition coefficient (Wildman–Crippen LogP) is 4.89. The number of ether oxygens (including phenoxy) is 2. The Bertz CT molecular complexity index is 629. The van der Waals surface area contributed by atoms with Crippen molar-refractivity contribution in [3.8, 4) is 11.5 Å². The normalized spacial score (nSPS) is 9.04. The molecule has 5 nitrogen and oxygen atoms in total. The van der Waals surface area contributed by atoms with E-state index in [1.54, 1.807) is 12.1 Å². The van der Waals surface area contributed by atoms with Gasteiger partial charge in [-0.2, -0.15) is 0 Å². The van der Waals surface area contributed by atoms with Gasteiger partial charge in [-0.1, -0.05) is 57.2 Å². The van der Waals surface area contributed by atoms with Crippen LogP contribution in [-0.2, 0) is 13.0 Å². The van der Waals surface area contributed by atoms with E-state index in [0.717, 1.165) is 12.6 Å². The summed E-state index contributed by atoms with van der Waals surface area (Å²) >= 11 is 0. The Hall–Kier alpha value is -2.63. The van der Waals surface area contributed by atoms with E-state index < -0.39 is 4.92 Å². The summed E-state index contributed by atoms with van der Waals surface area (Å²) in [4.78, 5) is 8.31. The molecule has 0 fully saturated rings. The molecule has 0 saturated heterocycles. The van der Waals surface area contributed by atoms with Crippen LogP contribution in [0.15, 0.2) is 42.5 Å². The Morgan fingerprint density at radius 1 is 1.12 bits per heavy atom. The van der Waals surface area contributed by atoms with Crippen LogP contribution in [0.3, 0.4) is 0 Å². The third-order valence-electron chi connectivity index (χ3n) is 2.97. The standard InChI is InChI=1S/C16H17FO2.C2H6.CH3NO2/c1-3-13-9-10-14(18-2)16(15(13)17)19-11-12-7-5-4-6-8-12;1-2;1-2(3)4/h4-10H,3,11H2,1-2H3;1-2H3;1H3. The molecule has 0 aliphatic carbocycles. The number of hydrogen-bond acceptors (Lipinski definition) is 4. The van der Waals surface area contributed by atoms with Crippen molar-refractivity contribution in [2.75, 3.05) is 14.2 Å². The summed E-state index contributed by atoms with van der Waals surface area (Å²) < 4.78 is 25.0. The van der Waals surface area contributed by atoms with Crippen LogP contribution in [-0.4, -0.2) is 19.1 Å². The number of methoxy groups -OCH3 is 1. The average molecular weight is 351 g/mol. The molecule has 0 radical (unpaired) electrons. The van der Waals surface area contributed by atoms with Crippen LogP contribution in [0.4, 0.5) is 4.39 Å². The molecule has 0 bridgehead atoms. The second-order valence-corrected chi connectivity index (χ2v) is 4.64. The summed E-state index contributed by atoms with van der Waals surface area (Å²) in [5.41, 5.74) is 1.62. The van der Waals surface area contributed by atoms with E-state index >= 15 is 0 Å². The van der Waals surface area contributed by atoms with E-state index in [9.17, 15) is 4.39 Å². The molecule has 0 unspecified atom stereocenters. The lowest BCUT2D eigenvalue weighted by Gasteiger charge is -2.13. The molecule has 0 N–H and O–H groups in total. The van der Waals surface area contributed by atoms with Gasteiger partial charge in [0.25, 0.3) is 0 Å². The first-order valence-corrected chi connectivity index (χ1v) is 8.09. The lowest BCUT2D eigenvalue weighted by molar-refractivity contribution is -0.445. The molecule has 0 atom stereocenters. The van der Waals surface area contributed by atoms with Crippen LogP contribution in [0.2, 0.25) is 0 Å². The molecular formula is C19H26FNO4. The molecule has 0 saturated carbocycles. The number of aryl methyl sites for hydroxylation is 1. The monoisotopic (exact) mass is 351 g/mol. The molecule has 0 amide bonds. The van der Waals surface area contributed by atoms with Gasteiger partial charge in [-0.3, -0.25) is 10.1 Å². The molecule has 0 aliphatic rings. The highest BCUT2D eigenvalue weighted by atomic mass is 19.1. The van der Waals surface area contributed by atoms with Gasteiger partial charge in [0.15, 0.2) is 24.4 Å². The SMILES string of the molecule is CC.CCc1ccc(OC)c(OCc2ccccc2)c1F.C[N+](=O)[O-]. The van der Waals surface area contributed by atoms with Crippen LogP contribution >= 0.6 is 0 Å². The molecule has 0 spiro atoms. The highest BCUT2D eigenvalue weighted by Gasteiger charge is 2.14. The van der Waals surface area contributed by atoms with Crippen molar-refractivity contribution < 1.29 is 18.8 Å². The van der Waals surface area contributed by atoms with Crippen LogP contribution in [0.25, 0.3) is 0 Å². The zero-order valence-corrected chi connectivity index (χ0v) is 15.4. The number of nitro groups is 1. The third-order valence-corrected chi connectivity index (χ3v) is 2.97. The van der Waals surface area contributed by atoms with Crippen molar-refractivity contribution in [3.05, 3.63) is 69.5 Å². The lowest BCUT2D eigenvalue weighted by Crippen LogP contribution is -2.02. The second kappa shape index (κ2) is 12.8. The van der Waals surface area contributed by atoms with Gasteiger partial charge in [0.2, 0.25) is 0 Å². The average Bonchev–Trinajstić information content (AvgIpc) is 2.62. The molecule has 6 heteroatoms. The summed E-state index contributed by atoms with van der Waals surface area (Å²) in [5, 5.41) is 8.81. The molecule has 2 aromatic carbocycles. The number of halogens is 1. The Labute approximate surface area is 148 Å². The first-order valence-electron chi connectivity index (χ1n) is 8.09. The van der Waals surface area contributed by atoms with Crippen molar-refractivity contribution in [1.82, 2.24) is 0 Å². The van der Waals surface area contributed by atoms with E-state index in [-0.39, 0.29) is 11.6 Å². The highest BCUT2D eigenvalue weighted by Crippen LogP contribution is 2.33. The van der Waals surface area contributed by atoms with Gasteiger partial charge in [0.05, 0.1) is 7.11 Å². The fourth-order valence-electron chi connectivity index (χ4n) is 1.88. The summed E-state index contributed by atoms with van der Waals surface area (Å²) in [7, 11) is 2.40. The molecule has 0 aliphatic heterocycles. The molecule has 2 rings (SSSR count). The van der Waals surface area contributed by atoms with Crippen LogP contribution < -0.4 is 9.47 Å². The minimum absolute atomic E-state index is 0.186. The minimum atomic E-state index is -0.500. The van der Waals surface area contributed by atoms with Crippen LogP contribution in [0.1, 0.15) is 31.9 Å². The van der Waals surface area contributed by atoms with E-state index in [4.69, 9.17) is 19.6 Å². The van der Waals surface area contributed by atoms with Crippen molar-refractivity contribution in [2.45, 2.75) is 33.8 Å². The molecule has 25 heavy (non-hydrogen) atoms. The van der Waals surface area contributed by atoms with Crippen molar-refractivity contribution >= 4 is 0 Å². The number of benzene rings is 2. The highest BCUT2D eigenvalue weighted by molar-refractivity contribution is 5.44. The Morgan fingerprint density at radius 3 is 2.16 bits per heavy atom. The van der Waals surface area contributed by atoms with Crippen molar-refractivity contribution in [3.63, 3.8) is 0 Å². The Morgan fingerprint density at radius 2 is 1.68 bits per heavy atom. The first kappa shape index (κ1) is 22.4. The third kappa shape index (κ3) is 8.15. The Kier molecular flexibility index (Phi) is 11.4. The van der Waals surface area contributed by atoms with Gasteiger partial charge in [-0.05, 0) is 23.6 Å². The molecule has 0 heterocycles. The molecule has 2 aromatic rings. The maximum Gasteiger partial charge on any atom is 0.197 e. The maximum atomic E-state index is 14.2. The van der Waals surface area contributed by atoms with Gasteiger partial charge in [0, 0.05) is 4.92 Å². The maximum absolute atomic E-state index is 14.2. The first-order chi connectivity index (χ1) is 12.0. The summed E-state index contributed by atoms with van der Waals surface area (Å²) in [6, 6.07) is 13.1. The molecular weight excluding hydrogens is 325 g/mol. The smallest absolute Gasteiger partial charge is 0.197 e. The minimum Gasteiger partial charge on any atom is -0.493 e. The summed E-state index contributed by atoms with van der Waals surface area (Å²) in [5.74, 6) is 0.272. The van der Waals surface area contributed by atoms with Crippen LogP contribution in [0.5, 0.6) is 11.5 Å². The predicted molar refractivity (Wildman–Crippen MR) is 97.4 cm³/mol. The van der Waals surface area contributed by atoms with E-state index in [2.05, 4.69) is 0 Å². The van der Waals surface area contributed by atoms with E-state index in [0.29, 0.717) is 24.3 Å². The van der Waals surface area contributed by atoms with Crippen molar-refractivity contribution in [1.29, 1.82) is 0 Å². The Balaban J connectivity index is 0.000000845. The number of rotatable bonds is 5. The van der Waals surface area contributed by atoms with E-state index in [1.165, 1.54) is 7.11 Å². The van der Waals surface area contributed by atoms with Gasteiger partial charge in [-0.15, -0.1) is 0 Å². The number of nitrogens with zero attached hydrogens (tertiary/aromatic N) is 1. The molecule has 0 aromatic heterocycles. The fraction of sp³-hybridized carbons (Fsp3) is 0.368. The topological polar surface area (TPSA) is 61.6 Å². The van der Waals surface area contributed by atoms with Crippen molar-refractivity contribution in [2.24, 2.45) is 0 Å². The largest absolute Gasteiger partial charge is 0.493 e. The van der Waals surface area contributed by atoms with Gasteiger partial charge >= 0.3 is 0 Å². The van der Waals surface area contributed by atoms with Gasteiger partial charge < -0.3 is 9.47 Å². The van der Waals surface area contributed by atoms with Gasteiger partial charge in [-0.25, -0.2) is 4.39 Å². The van der Waals surface area contributed by atoms with Gasteiger partial charge in [0.1, 0.15) is 6.61 Å². The zero-order valence-electron chi connectivity index (χ0n) is 15.4. The summed E-state index contributed by atoms with van der Waals surface area (Å²) in [6.45, 7) is 6.23. The lowest BCUT2D eigenvalue weighted by atomic mass is 10.1. The zero-order chi connectivity index (χ0) is 19.2. The molecule has 138 valence electrons. The van der Waals surface area contributed by atoms with Crippen LogP contribution in [0, 0.1) is 15.9 Å². The van der Waals surface area contributed by atoms with E-state index in [1.807, 2.05) is 51.1 Å². The summed E-state index contributed by atoms with van der Waals surface area (Å²) in [6.07, 6.45) is 0.623. The fourth-order valence-corrected chi connectivity index (χ4v) is 1.88. The number of hydrogen-bond donors (Lipinski definition) is 0. The quantitative estimate of drug-likeness (QED) is 0.568.